The molecule has 0 saturated heterocycles. The first-order valence-corrected chi connectivity index (χ1v) is 13.6. The van der Waals surface area contributed by atoms with E-state index in [1.165, 1.54) is 0 Å². The lowest BCUT2D eigenvalue weighted by molar-refractivity contribution is -0.227. The van der Waals surface area contributed by atoms with Crippen LogP contribution in [0.3, 0.4) is 0 Å². The van der Waals surface area contributed by atoms with Crippen molar-refractivity contribution in [2.24, 2.45) is 51.2 Å². The summed E-state index contributed by atoms with van der Waals surface area (Å²) in [5.41, 5.74) is -2.34. The van der Waals surface area contributed by atoms with E-state index < -0.39 is 35.1 Å². The van der Waals surface area contributed by atoms with Gasteiger partial charge in [0.1, 0.15) is 11.5 Å². The molecule has 0 aromatic carbocycles. The number of ketones is 1. The lowest BCUT2D eigenvalue weighted by atomic mass is 9.33. The van der Waals surface area contributed by atoms with E-state index in [1.54, 1.807) is 6.92 Å². The van der Waals surface area contributed by atoms with E-state index in [9.17, 15) is 30.0 Å². The Morgan fingerprint density at radius 3 is 2.34 bits per heavy atom. The average molecular weight is 489 g/mol. The molecule has 5 aliphatic rings. The van der Waals surface area contributed by atoms with E-state index in [0.29, 0.717) is 19.3 Å². The molecule has 0 aromatic heterocycles. The highest BCUT2D eigenvalue weighted by molar-refractivity contribution is 5.85. The number of Topliss-reactive ketones (excluding diaryl/α,β-unsaturated/α-hetero) is 1. The lowest BCUT2D eigenvalue weighted by Gasteiger charge is -2.71. The molecule has 0 aliphatic heterocycles. The van der Waals surface area contributed by atoms with Crippen LogP contribution >= 0.6 is 0 Å². The highest BCUT2D eigenvalue weighted by atomic mass is 16.4. The summed E-state index contributed by atoms with van der Waals surface area (Å²) in [6.07, 6.45) is 4.58. The number of hydrogen-bond donors (Lipinski definition) is 4. The Morgan fingerprint density at radius 1 is 1.06 bits per heavy atom. The molecule has 196 valence electrons. The number of carboxylic acid groups (broad SMARTS) is 1. The van der Waals surface area contributed by atoms with Crippen molar-refractivity contribution in [1.29, 1.82) is 0 Å². The normalized spacial score (nSPS) is 57.8. The fourth-order valence-electron chi connectivity index (χ4n) is 10.4. The molecule has 4 fully saturated rings. The van der Waals surface area contributed by atoms with Gasteiger partial charge in [0.25, 0.3) is 0 Å². The Morgan fingerprint density at radius 2 is 1.71 bits per heavy atom. The number of hydrogen-bond acceptors (Lipinski definition) is 5. The Labute approximate surface area is 209 Å². The number of aliphatic hydroxyl groups excluding tert-OH is 2. The molecular formula is C29H44O6. The van der Waals surface area contributed by atoms with Crippen LogP contribution in [0.25, 0.3) is 0 Å². The first-order valence-electron chi connectivity index (χ1n) is 13.6. The van der Waals surface area contributed by atoms with Crippen LogP contribution in [-0.4, -0.2) is 50.0 Å². The van der Waals surface area contributed by atoms with Crippen molar-refractivity contribution in [3.63, 3.8) is 0 Å². The number of carboxylic acids is 1. The van der Waals surface area contributed by atoms with Crippen LogP contribution in [0.4, 0.5) is 0 Å². The topological polar surface area (TPSA) is 115 Å². The van der Waals surface area contributed by atoms with Crippen LogP contribution in [-0.2, 0) is 9.59 Å². The second-order valence-corrected chi connectivity index (χ2v) is 14.0. The summed E-state index contributed by atoms with van der Waals surface area (Å²) >= 11 is 0. The second-order valence-electron chi connectivity index (χ2n) is 14.0. The van der Waals surface area contributed by atoms with Crippen molar-refractivity contribution in [3.05, 3.63) is 11.6 Å². The minimum Gasteiger partial charge on any atom is -0.481 e. The molecule has 6 nitrogen and oxygen atoms in total. The molecule has 0 unspecified atom stereocenters. The molecule has 35 heavy (non-hydrogen) atoms. The number of carbonyl (C=O) groups excluding carboxylic acids is 1. The maximum absolute atomic E-state index is 12.9. The van der Waals surface area contributed by atoms with Gasteiger partial charge in [0.15, 0.2) is 5.78 Å². The number of carbonyl (C=O) groups is 2. The van der Waals surface area contributed by atoms with E-state index in [4.69, 9.17) is 0 Å². The van der Waals surface area contributed by atoms with Crippen molar-refractivity contribution in [2.75, 3.05) is 0 Å². The van der Waals surface area contributed by atoms with Crippen molar-refractivity contribution >= 4 is 11.8 Å². The van der Waals surface area contributed by atoms with Crippen molar-refractivity contribution in [3.8, 4) is 0 Å². The molecule has 6 heteroatoms. The highest BCUT2D eigenvalue weighted by Gasteiger charge is 2.72. The SMILES string of the molecule is C[C@@H]1[C@@H](O)C(=O)C[C@]2(C)[C@H]3CC=C4[C@@H]5[C@](C)(O)[C@H](C)C[C@H](O)[C@]5(C(=O)O)CC[C@@]4(C)[C@]3(C)CC[C@@H]12. The van der Waals surface area contributed by atoms with Gasteiger partial charge in [-0.15, -0.1) is 0 Å². The van der Waals surface area contributed by atoms with Gasteiger partial charge in [0.2, 0.25) is 0 Å². The summed E-state index contributed by atoms with van der Waals surface area (Å²) in [7, 11) is 0. The third-order valence-corrected chi connectivity index (χ3v) is 12.9. The van der Waals surface area contributed by atoms with Crippen molar-refractivity contribution in [2.45, 2.75) is 104 Å². The quantitative estimate of drug-likeness (QED) is 0.415. The van der Waals surface area contributed by atoms with Gasteiger partial charge in [-0.2, -0.15) is 0 Å². The highest BCUT2D eigenvalue weighted by Crippen LogP contribution is 2.75. The Balaban J connectivity index is 1.66. The first-order chi connectivity index (χ1) is 16.1. The van der Waals surface area contributed by atoms with Crippen LogP contribution in [0, 0.1) is 51.2 Å². The molecule has 5 aliphatic carbocycles. The molecular weight excluding hydrogens is 444 g/mol. The maximum Gasteiger partial charge on any atom is 0.313 e. The maximum atomic E-state index is 12.9. The van der Waals surface area contributed by atoms with E-state index in [2.05, 4.69) is 26.8 Å². The molecule has 0 amide bonds. The minimum atomic E-state index is -1.38. The summed E-state index contributed by atoms with van der Waals surface area (Å²) in [4.78, 5) is 25.7. The van der Waals surface area contributed by atoms with Gasteiger partial charge >= 0.3 is 5.97 Å². The zero-order chi connectivity index (χ0) is 25.9. The van der Waals surface area contributed by atoms with Crippen molar-refractivity contribution < 1.29 is 30.0 Å². The number of allylic oxidation sites excluding steroid dienone is 1. The standard InChI is InChI=1S/C29H44O6/c1-15-13-21(31)29(24(33)34)12-11-26(4)18(23(29)28(15,6)35)7-8-20-25(3)14-19(30)22(32)16(2)17(25)9-10-27(20,26)5/h7,15-17,20-23,31-32,35H,8-14H2,1-6H3,(H,33,34)/t15-,16+,17+,20-,21+,22-,23-,25+,26-,27-,28-,29-/m1/s1. The molecule has 0 heterocycles. The second kappa shape index (κ2) is 7.41. The average Bonchev–Trinajstić information content (AvgIpc) is 2.76. The predicted octanol–water partition coefficient (Wildman–Crippen LogP) is 3.96. The van der Waals surface area contributed by atoms with Gasteiger partial charge in [-0.05, 0) is 85.4 Å². The van der Waals surface area contributed by atoms with Crippen LogP contribution in [0.5, 0.6) is 0 Å². The summed E-state index contributed by atoms with van der Waals surface area (Å²) in [6, 6.07) is 0. The van der Waals surface area contributed by atoms with E-state index in [0.717, 1.165) is 24.8 Å². The van der Waals surface area contributed by atoms with Gasteiger partial charge in [-0.3, -0.25) is 9.59 Å². The molecule has 12 atom stereocenters. The molecule has 0 bridgehead atoms. The number of aliphatic hydroxyl groups is 3. The Hall–Kier alpha value is -1.24. The van der Waals surface area contributed by atoms with Gasteiger partial charge < -0.3 is 20.4 Å². The van der Waals surface area contributed by atoms with E-state index in [1.807, 2.05) is 13.8 Å². The fraction of sp³-hybridized carbons (Fsp3) is 0.862. The zero-order valence-corrected chi connectivity index (χ0v) is 22.2. The van der Waals surface area contributed by atoms with E-state index >= 15 is 0 Å². The summed E-state index contributed by atoms with van der Waals surface area (Å²) < 4.78 is 0. The third-order valence-electron chi connectivity index (χ3n) is 12.9. The van der Waals surface area contributed by atoms with Gasteiger partial charge in [-0.1, -0.05) is 46.3 Å². The fourth-order valence-corrected chi connectivity index (χ4v) is 10.4. The molecule has 4 saturated carbocycles. The first kappa shape index (κ1) is 25.4. The number of rotatable bonds is 1. The number of aliphatic carboxylic acids is 1. The van der Waals surface area contributed by atoms with Gasteiger partial charge in [0, 0.05) is 12.3 Å². The van der Waals surface area contributed by atoms with Crippen molar-refractivity contribution in [1.82, 2.24) is 0 Å². The lowest BCUT2D eigenvalue weighted by Crippen LogP contribution is -2.70. The molecule has 0 spiro atoms. The minimum absolute atomic E-state index is 0.0545. The van der Waals surface area contributed by atoms with Crippen LogP contribution < -0.4 is 0 Å². The van der Waals surface area contributed by atoms with Gasteiger partial charge in [-0.25, -0.2) is 0 Å². The number of fused-ring (bicyclic) bond motifs is 7. The predicted molar refractivity (Wildman–Crippen MR) is 131 cm³/mol. The largest absolute Gasteiger partial charge is 0.481 e. The summed E-state index contributed by atoms with van der Waals surface area (Å²) in [6.45, 7) is 12.5. The van der Waals surface area contributed by atoms with Gasteiger partial charge in [0.05, 0.1) is 11.7 Å². The van der Waals surface area contributed by atoms with Crippen LogP contribution in [0.1, 0.15) is 86.5 Å². The zero-order valence-electron chi connectivity index (χ0n) is 22.2. The molecule has 0 aromatic rings. The molecule has 5 rings (SSSR count). The Bertz CT molecular complexity index is 986. The third kappa shape index (κ3) is 2.82. The monoisotopic (exact) mass is 488 g/mol. The van der Waals surface area contributed by atoms with Crippen LogP contribution in [0.15, 0.2) is 11.6 Å². The molecule has 4 N–H and O–H groups in total. The molecule has 0 radical (unpaired) electrons. The van der Waals surface area contributed by atoms with E-state index in [-0.39, 0.29) is 52.1 Å². The summed E-state index contributed by atoms with van der Waals surface area (Å²) in [5.74, 6) is -1.50. The summed E-state index contributed by atoms with van der Waals surface area (Å²) in [5, 5.41) is 44.1. The smallest absolute Gasteiger partial charge is 0.313 e. The Kier molecular flexibility index (Phi) is 5.38. The van der Waals surface area contributed by atoms with Crippen LogP contribution in [0.2, 0.25) is 0 Å².